The molecule has 2 heterocycles. The molecular formula is C11H10N2O2S4. The molecule has 0 unspecified atom stereocenters. The Balaban J connectivity index is 2.22. The number of nitrogens with one attached hydrogen (secondary N) is 2. The van der Waals surface area contributed by atoms with Crippen LogP contribution in [0.5, 0.6) is 0 Å². The van der Waals surface area contributed by atoms with Crippen LogP contribution in [0.2, 0.25) is 0 Å². The van der Waals surface area contributed by atoms with E-state index in [0.29, 0.717) is 24.9 Å². The van der Waals surface area contributed by atoms with Crippen LogP contribution >= 0.6 is 48.0 Å². The maximum atomic E-state index is 11.6. The van der Waals surface area contributed by atoms with Gasteiger partial charge in [0.25, 0.3) is 11.8 Å². The van der Waals surface area contributed by atoms with Crippen molar-refractivity contribution in [2.45, 2.75) is 20.3 Å². The number of carbonyl (C=O) groups is 2. The van der Waals surface area contributed by atoms with E-state index in [1.54, 1.807) is 0 Å². The fourth-order valence-electron chi connectivity index (χ4n) is 1.75. The Morgan fingerprint density at radius 1 is 0.947 bits per heavy atom. The highest BCUT2D eigenvalue weighted by atomic mass is 32.2. The lowest BCUT2D eigenvalue weighted by atomic mass is 10.1. The van der Waals surface area contributed by atoms with Gasteiger partial charge in [0.15, 0.2) is 0 Å². The van der Waals surface area contributed by atoms with E-state index in [2.05, 4.69) is 10.6 Å². The van der Waals surface area contributed by atoms with Crippen LogP contribution < -0.4 is 10.6 Å². The van der Waals surface area contributed by atoms with E-state index in [0.717, 1.165) is 11.1 Å². The third kappa shape index (κ3) is 3.25. The largest absolute Gasteiger partial charge is 0.307 e. The number of allylic oxidation sites excluding steroid dienone is 2. The van der Waals surface area contributed by atoms with Gasteiger partial charge in [0.2, 0.25) is 0 Å². The predicted octanol–water partition coefficient (Wildman–Crippen LogP) is 2.22. The SMILES string of the molecule is C/C(C/C(C)=C1/SC(=S)NC1=O)=C1\SC(=S)NC1=O. The Hall–Kier alpha value is -0.700. The second-order valence-corrected chi connectivity index (χ2v) is 7.46. The summed E-state index contributed by atoms with van der Waals surface area (Å²) in [5, 5.41) is 5.17. The molecule has 0 aromatic rings. The summed E-state index contributed by atoms with van der Waals surface area (Å²) in [5.41, 5.74) is 1.80. The summed E-state index contributed by atoms with van der Waals surface area (Å²) in [4.78, 5) is 24.5. The van der Waals surface area contributed by atoms with Crippen LogP contribution in [0.1, 0.15) is 20.3 Å². The van der Waals surface area contributed by atoms with Gasteiger partial charge in [-0.25, -0.2) is 0 Å². The predicted molar refractivity (Wildman–Crippen MR) is 86.7 cm³/mol. The fraction of sp³-hybridized carbons (Fsp3) is 0.273. The summed E-state index contributed by atoms with van der Waals surface area (Å²) in [6.07, 6.45) is 0.552. The van der Waals surface area contributed by atoms with Crippen molar-refractivity contribution in [3.63, 3.8) is 0 Å². The number of hydrogen-bond acceptors (Lipinski definition) is 6. The second-order valence-electron chi connectivity index (χ2n) is 4.08. The Labute approximate surface area is 129 Å². The lowest BCUT2D eigenvalue weighted by Gasteiger charge is -2.06. The number of rotatable bonds is 2. The quantitative estimate of drug-likeness (QED) is 0.598. The smallest absolute Gasteiger partial charge is 0.263 e. The molecule has 0 bridgehead atoms. The highest BCUT2D eigenvalue weighted by Crippen LogP contribution is 2.33. The van der Waals surface area contributed by atoms with Gasteiger partial charge < -0.3 is 10.6 Å². The minimum atomic E-state index is -0.163. The van der Waals surface area contributed by atoms with Gasteiger partial charge in [0, 0.05) is 0 Å². The maximum absolute atomic E-state index is 11.6. The third-order valence-electron chi connectivity index (χ3n) is 2.54. The normalized spacial score (nSPS) is 24.5. The molecule has 0 spiro atoms. The third-order valence-corrected chi connectivity index (χ3v) is 5.29. The molecule has 0 aromatic heterocycles. The topological polar surface area (TPSA) is 58.2 Å². The zero-order chi connectivity index (χ0) is 14.2. The number of amides is 2. The van der Waals surface area contributed by atoms with Crippen molar-refractivity contribution in [3.05, 3.63) is 21.0 Å². The van der Waals surface area contributed by atoms with Crippen molar-refractivity contribution in [2.24, 2.45) is 0 Å². The molecule has 2 aliphatic heterocycles. The van der Waals surface area contributed by atoms with Crippen molar-refractivity contribution in [3.8, 4) is 0 Å². The monoisotopic (exact) mass is 330 g/mol. The van der Waals surface area contributed by atoms with Crippen LogP contribution in [0.15, 0.2) is 21.0 Å². The zero-order valence-corrected chi connectivity index (χ0v) is 13.4. The average Bonchev–Trinajstić information content (AvgIpc) is 2.81. The van der Waals surface area contributed by atoms with Crippen LogP contribution in [0.25, 0.3) is 0 Å². The molecule has 2 fully saturated rings. The first kappa shape index (κ1) is 14.7. The molecule has 2 N–H and O–H groups in total. The number of hydrogen-bond donors (Lipinski definition) is 2. The summed E-state index contributed by atoms with van der Waals surface area (Å²) >= 11 is 12.4. The second kappa shape index (κ2) is 5.74. The highest BCUT2D eigenvalue weighted by molar-refractivity contribution is 8.27. The van der Waals surface area contributed by atoms with Gasteiger partial charge in [-0.05, 0) is 31.4 Å². The van der Waals surface area contributed by atoms with Crippen LogP contribution in [0, 0.1) is 0 Å². The van der Waals surface area contributed by atoms with Crippen molar-refractivity contribution >= 4 is 68.4 Å². The van der Waals surface area contributed by atoms with E-state index in [9.17, 15) is 9.59 Å². The standard InChI is InChI=1S/C11H10N2O2S4/c1-4(6-8(14)12-10(16)18-6)3-5(2)7-9(15)13-11(17)19-7/h3H2,1-2H3,(H,12,14,16)(H,13,15,17)/b6-4+,7-5+. The van der Waals surface area contributed by atoms with Gasteiger partial charge >= 0.3 is 0 Å². The van der Waals surface area contributed by atoms with Gasteiger partial charge in [0.1, 0.15) is 8.64 Å². The Morgan fingerprint density at radius 3 is 1.58 bits per heavy atom. The van der Waals surface area contributed by atoms with E-state index in [-0.39, 0.29) is 11.8 Å². The molecule has 2 amide bonds. The molecule has 2 aliphatic rings. The molecule has 0 aliphatic carbocycles. The van der Waals surface area contributed by atoms with Crippen LogP contribution in [0.4, 0.5) is 0 Å². The highest BCUT2D eigenvalue weighted by Gasteiger charge is 2.27. The van der Waals surface area contributed by atoms with Gasteiger partial charge in [-0.15, -0.1) is 0 Å². The molecule has 0 saturated carbocycles. The minimum Gasteiger partial charge on any atom is -0.307 e. The summed E-state index contributed by atoms with van der Waals surface area (Å²) in [6.45, 7) is 3.74. The summed E-state index contributed by atoms with van der Waals surface area (Å²) in [6, 6.07) is 0. The van der Waals surface area contributed by atoms with Crippen molar-refractivity contribution in [1.82, 2.24) is 10.6 Å². The van der Waals surface area contributed by atoms with Crippen LogP contribution in [-0.2, 0) is 9.59 Å². The molecular weight excluding hydrogens is 320 g/mol. The Bertz CT molecular complexity index is 527. The lowest BCUT2D eigenvalue weighted by Crippen LogP contribution is -2.18. The minimum absolute atomic E-state index is 0.163. The van der Waals surface area contributed by atoms with Crippen molar-refractivity contribution < 1.29 is 9.59 Å². The van der Waals surface area contributed by atoms with E-state index >= 15 is 0 Å². The van der Waals surface area contributed by atoms with E-state index < -0.39 is 0 Å². The number of carbonyl (C=O) groups excluding carboxylic acids is 2. The van der Waals surface area contributed by atoms with Gasteiger partial charge in [0.05, 0.1) is 9.81 Å². The first-order chi connectivity index (χ1) is 8.88. The van der Waals surface area contributed by atoms with Crippen LogP contribution in [0.3, 0.4) is 0 Å². The first-order valence-corrected chi connectivity index (χ1v) is 7.79. The van der Waals surface area contributed by atoms with E-state index in [1.807, 2.05) is 13.8 Å². The molecule has 100 valence electrons. The molecule has 0 atom stereocenters. The molecule has 2 rings (SSSR count). The summed E-state index contributed by atoms with van der Waals surface area (Å²) in [5.74, 6) is -0.325. The molecule has 4 nitrogen and oxygen atoms in total. The maximum Gasteiger partial charge on any atom is 0.263 e. The van der Waals surface area contributed by atoms with Gasteiger partial charge in [-0.1, -0.05) is 48.0 Å². The molecule has 19 heavy (non-hydrogen) atoms. The van der Waals surface area contributed by atoms with E-state index in [1.165, 1.54) is 23.5 Å². The average molecular weight is 330 g/mol. The van der Waals surface area contributed by atoms with Crippen LogP contribution in [-0.4, -0.2) is 20.5 Å². The van der Waals surface area contributed by atoms with Crippen molar-refractivity contribution in [1.29, 1.82) is 0 Å². The van der Waals surface area contributed by atoms with E-state index in [4.69, 9.17) is 24.4 Å². The lowest BCUT2D eigenvalue weighted by molar-refractivity contribution is -0.116. The first-order valence-electron chi connectivity index (χ1n) is 5.34. The number of thioether (sulfide) groups is 2. The fourth-order valence-corrected chi connectivity index (χ4v) is 3.87. The van der Waals surface area contributed by atoms with Gasteiger partial charge in [-0.3, -0.25) is 9.59 Å². The molecule has 2 saturated heterocycles. The Kier molecular flexibility index (Phi) is 4.44. The molecule has 0 aromatic carbocycles. The van der Waals surface area contributed by atoms with Gasteiger partial charge in [-0.2, -0.15) is 0 Å². The molecule has 8 heteroatoms. The van der Waals surface area contributed by atoms with Crippen molar-refractivity contribution in [2.75, 3.05) is 0 Å². The summed E-state index contributed by atoms with van der Waals surface area (Å²) < 4.78 is 0.942. The molecule has 0 radical (unpaired) electrons. The number of thiocarbonyl (C=S) groups is 2. The zero-order valence-electron chi connectivity index (χ0n) is 10.2. The Morgan fingerprint density at radius 2 is 1.32 bits per heavy atom. The summed E-state index contributed by atoms with van der Waals surface area (Å²) in [7, 11) is 0.